The van der Waals surface area contributed by atoms with Crippen LogP contribution >= 0.6 is 0 Å². The van der Waals surface area contributed by atoms with Gasteiger partial charge in [0, 0.05) is 54.3 Å². The Morgan fingerprint density at radius 2 is 1.52 bits per heavy atom. The van der Waals surface area contributed by atoms with Crippen molar-refractivity contribution in [1.82, 2.24) is 31.2 Å². The first-order chi connectivity index (χ1) is 40.3. The van der Waals surface area contributed by atoms with Gasteiger partial charge in [-0.25, -0.2) is 23.2 Å². The number of hydrogen-bond acceptors (Lipinski definition) is 19. The van der Waals surface area contributed by atoms with Crippen molar-refractivity contribution in [3.8, 4) is 39.8 Å². The van der Waals surface area contributed by atoms with E-state index in [9.17, 15) is 52.6 Å². The van der Waals surface area contributed by atoms with Crippen molar-refractivity contribution in [3.63, 3.8) is 0 Å². The molecular formula is C59H68N9O15S-. The van der Waals surface area contributed by atoms with Gasteiger partial charge >= 0.3 is 6.03 Å². The third kappa shape index (κ3) is 18.7. The number of benzene rings is 4. The molecule has 0 radical (unpaired) electrons. The highest BCUT2D eigenvalue weighted by Gasteiger charge is 2.31. The van der Waals surface area contributed by atoms with Crippen LogP contribution in [0.25, 0.3) is 22.4 Å². The molecule has 25 heteroatoms. The Balaban J connectivity index is 0.850. The van der Waals surface area contributed by atoms with E-state index in [4.69, 9.17) is 24.3 Å². The van der Waals surface area contributed by atoms with Crippen molar-refractivity contribution in [1.29, 1.82) is 0 Å². The predicted octanol–water partition coefficient (Wildman–Crippen LogP) is 4.54. The van der Waals surface area contributed by atoms with Crippen LogP contribution in [0.2, 0.25) is 0 Å². The lowest BCUT2D eigenvalue weighted by Crippen LogP contribution is -2.52. The Morgan fingerprint density at radius 1 is 0.762 bits per heavy atom. The molecule has 7 rings (SSSR count). The number of unbranched alkanes of at least 4 members (excludes halogenated alkanes) is 2. The molecule has 3 heterocycles. The van der Waals surface area contributed by atoms with Gasteiger partial charge in [-0.3, -0.25) is 19.8 Å². The fourth-order valence-electron chi connectivity index (χ4n) is 8.66. The van der Waals surface area contributed by atoms with Gasteiger partial charge in [-0.15, -0.1) is 0 Å². The first-order valence-corrected chi connectivity index (χ1v) is 28.4. The number of fused-ring (bicyclic) bond motifs is 1. The zero-order chi connectivity index (χ0) is 60.2. The maximum atomic E-state index is 13.5. The SMILES string of the molecule is CC(C)(CCCCOc1cc(-c2ccc3c(c2)OCO3)cc(-c2ccccc2)n1)CNC(=O)Nc1cccc(C(=O)NCCCCC(NC(=O)c2ccc(N/N=C/c3ccccc3S(=O)(=O)[O-])nc2)C(=O)NC[C@H](O)[C@@H](O)[C@H](O)[C@H](O)CO)c1. The molecule has 0 saturated carbocycles. The van der Waals surface area contributed by atoms with E-state index in [2.05, 4.69) is 55.9 Å². The van der Waals surface area contributed by atoms with E-state index in [1.807, 2.05) is 60.7 Å². The highest BCUT2D eigenvalue weighted by atomic mass is 32.2. The second-order valence-electron chi connectivity index (χ2n) is 20.5. The summed E-state index contributed by atoms with van der Waals surface area (Å²) in [5, 5.41) is 67.0. The van der Waals surface area contributed by atoms with Crippen molar-refractivity contribution >= 4 is 51.6 Å². The number of carbonyl (C=O) groups is 4. The average Bonchev–Trinajstić information content (AvgIpc) is 4.17. The lowest BCUT2D eigenvalue weighted by atomic mass is 9.87. The molecule has 11 N–H and O–H groups in total. The summed E-state index contributed by atoms with van der Waals surface area (Å²) in [7, 11) is -4.77. The van der Waals surface area contributed by atoms with Gasteiger partial charge in [-0.1, -0.05) is 74.5 Å². The molecule has 1 aliphatic rings. The first kappa shape index (κ1) is 63.0. The van der Waals surface area contributed by atoms with Gasteiger partial charge in [0.25, 0.3) is 11.8 Å². The Bertz CT molecular complexity index is 3340. The fraction of sp³-hybridized carbons (Fsp3) is 0.339. The van der Waals surface area contributed by atoms with Crippen LogP contribution in [0, 0.1) is 5.41 Å². The smallest absolute Gasteiger partial charge is 0.319 e. The lowest BCUT2D eigenvalue weighted by molar-refractivity contribution is -0.127. The van der Waals surface area contributed by atoms with Crippen LogP contribution in [-0.4, -0.2) is 149 Å². The predicted molar refractivity (Wildman–Crippen MR) is 309 cm³/mol. The van der Waals surface area contributed by atoms with Gasteiger partial charge in [0.2, 0.25) is 18.6 Å². The Kier molecular flexibility index (Phi) is 22.6. The molecule has 5 amide bonds. The van der Waals surface area contributed by atoms with Crippen LogP contribution < -0.4 is 46.2 Å². The van der Waals surface area contributed by atoms with Crippen molar-refractivity contribution in [2.75, 3.05) is 50.4 Å². The summed E-state index contributed by atoms with van der Waals surface area (Å²) >= 11 is 0. The molecule has 2 aromatic heterocycles. The summed E-state index contributed by atoms with van der Waals surface area (Å²) in [5.74, 6) is 0.0564. The number of anilines is 2. The number of urea groups is 1. The third-order valence-corrected chi connectivity index (χ3v) is 14.3. The highest BCUT2D eigenvalue weighted by molar-refractivity contribution is 7.85. The standard InChI is InChI=1S/C59H69N9O15S/c1-59(2,24-9-11-26-81-52-30-42(28-45(66-52)37-13-4-3-5-14-37)38-20-22-48-49(29-38)83-36-82-48)35-63-58(77)65-43-17-12-16-39(27-43)55(74)60-25-10-8-18-44(57(76)62-33-46(70)53(72)54(73)47(71)34-69)67-56(75)41-21-23-51(61-31-41)68-64-32-40-15-6-7-19-50(40)84(78,79)80/h3-7,12-17,19-23,27-32,44,46-47,53-54,69-73H,8-11,18,24-26,33-36H2,1-2H3,(H,60,74)(H,61,68)(H,62,76)(H,67,75)(H2,63,65,77)(H,78,79,80)/p-1/b64-32+/t44?,46-,47+,53+,54+/m0/s1. The summed E-state index contributed by atoms with van der Waals surface area (Å²) in [6.45, 7) is 3.74. The normalized spacial score (nSPS) is 13.9. The molecule has 0 fully saturated rings. The molecule has 0 saturated heterocycles. The van der Waals surface area contributed by atoms with E-state index in [-0.39, 0.29) is 54.1 Å². The molecule has 84 heavy (non-hydrogen) atoms. The van der Waals surface area contributed by atoms with E-state index in [1.165, 1.54) is 42.6 Å². The lowest BCUT2D eigenvalue weighted by Gasteiger charge is -2.26. The van der Waals surface area contributed by atoms with Crippen molar-refractivity contribution < 1.29 is 71.9 Å². The number of hydrazone groups is 1. The minimum absolute atomic E-state index is 0.00961. The van der Waals surface area contributed by atoms with Crippen LogP contribution in [-0.2, 0) is 14.9 Å². The van der Waals surface area contributed by atoms with Gasteiger partial charge in [0.1, 0.15) is 40.3 Å². The van der Waals surface area contributed by atoms with Gasteiger partial charge < -0.3 is 70.9 Å². The van der Waals surface area contributed by atoms with Crippen LogP contribution in [0.4, 0.5) is 16.3 Å². The molecule has 4 aromatic carbocycles. The van der Waals surface area contributed by atoms with Crippen LogP contribution in [0.3, 0.4) is 0 Å². The topological polar surface area (TPSA) is 365 Å². The Morgan fingerprint density at radius 3 is 2.29 bits per heavy atom. The highest BCUT2D eigenvalue weighted by Crippen LogP contribution is 2.38. The minimum Gasteiger partial charge on any atom is -0.744 e. The van der Waals surface area contributed by atoms with Crippen LogP contribution in [0.15, 0.2) is 138 Å². The number of pyridine rings is 2. The zero-order valence-electron chi connectivity index (χ0n) is 46.1. The van der Waals surface area contributed by atoms with Gasteiger partial charge in [0.15, 0.2) is 11.5 Å². The number of carbonyl (C=O) groups excluding carboxylic acids is 4. The number of amides is 5. The van der Waals surface area contributed by atoms with Crippen LogP contribution in [0.5, 0.6) is 17.4 Å². The van der Waals surface area contributed by atoms with Gasteiger partial charge in [0.05, 0.1) is 41.7 Å². The number of nitrogens with one attached hydrogen (secondary N) is 6. The maximum Gasteiger partial charge on any atom is 0.319 e. The van der Waals surface area contributed by atoms with E-state index in [0.717, 1.165) is 53.9 Å². The largest absolute Gasteiger partial charge is 0.744 e. The summed E-state index contributed by atoms with van der Waals surface area (Å²) in [5.41, 5.74) is 6.61. The molecule has 24 nitrogen and oxygen atoms in total. The number of aromatic nitrogens is 2. The van der Waals surface area contributed by atoms with E-state index >= 15 is 0 Å². The molecule has 1 unspecified atom stereocenters. The maximum absolute atomic E-state index is 13.5. The molecule has 0 bridgehead atoms. The van der Waals surface area contributed by atoms with Gasteiger partial charge in [-0.2, -0.15) is 5.10 Å². The summed E-state index contributed by atoms with van der Waals surface area (Å²) < 4.78 is 52.1. The monoisotopic (exact) mass is 1170 g/mol. The Labute approximate surface area is 485 Å². The number of ether oxygens (including phenoxy) is 3. The minimum atomic E-state index is -4.77. The summed E-state index contributed by atoms with van der Waals surface area (Å²) in [6.07, 6.45) is -2.17. The van der Waals surface area contributed by atoms with Crippen molar-refractivity contribution in [2.45, 2.75) is 87.7 Å². The van der Waals surface area contributed by atoms with Crippen LogP contribution in [0.1, 0.15) is 78.7 Å². The second-order valence-corrected chi connectivity index (χ2v) is 21.8. The number of nitrogens with zero attached hydrogens (tertiary/aromatic N) is 3. The zero-order valence-corrected chi connectivity index (χ0v) is 47.0. The van der Waals surface area contributed by atoms with Crippen molar-refractivity contribution in [3.05, 3.63) is 144 Å². The molecule has 0 aliphatic carbocycles. The average molecular weight is 1180 g/mol. The number of rotatable bonds is 30. The Hall–Kier alpha value is -8.56. The molecule has 446 valence electrons. The molecular weight excluding hydrogens is 1110 g/mol. The number of hydrogen-bond donors (Lipinski definition) is 11. The second kappa shape index (κ2) is 30.1. The van der Waals surface area contributed by atoms with E-state index < -0.39 is 82.4 Å². The molecule has 5 atom stereocenters. The quantitative estimate of drug-likeness (QED) is 0.0128. The fourth-order valence-corrected chi connectivity index (χ4v) is 9.31. The van der Waals surface area contributed by atoms with E-state index in [1.54, 1.807) is 18.2 Å². The third-order valence-electron chi connectivity index (χ3n) is 13.4. The van der Waals surface area contributed by atoms with Crippen molar-refractivity contribution in [2.24, 2.45) is 10.5 Å². The molecule has 6 aromatic rings. The van der Waals surface area contributed by atoms with Gasteiger partial charge in [-0.05, 0) is 110 Å². The first-order valence-electron chi connectivity index (χ1n) is 27.0. The summed E-state index contributed by atoms with van der Waals surface area (Å²) in [4.78, 5) is 61.6. The molecule has 1 aliphatic heterocycles. The molecule has 0 spiro atoms. The number of aliphatic hydroxyl groups is 5. The summed E-state index contributed by atoms with van der Waals surface area (Å²) in [6, 6.07) is 32.5. The van der Waals surface area contributed by atoms with E-state index in [0.29, 0.717) is 42.6 Å². The number of aliphatic hydroxyl groups excluding tert-OH is 5.